The normalized spacial score (nSPS) is 15.8. The van der Waals surface area contributed by atoms with Crippen molar-refractivity contribution in [2.24, 2.45) is 0 Å². The first kappa shape index (κ1) is 22.7. The molecule has 2 heterocycles. The largest absolute Gasteiger partial charge is 0.457 e. The fourth-order valence-corrected chi connectivity index (χ4v) is 4.31. The van der Waals surface area contributed by atoms with E-state index in [0.717, 1.165) is 11.1 Å². The van der Waals surface area contributed by atoms with Gasteiger partial charge in [0, 0.05) is 12.7 Å². The summed E-state index contributed by atoms with van der Waals surface area (Å²) in [6, 6.07) is 19.5. The molecule has 0 aliphatic carbocycles. The minimum atomic E-state index is -0.544. The molecule has 0 saturated heterocycles. The number of allylic oxidation sites excluding steroid dienone is 1. The third-order valence-corrected chi connectivity index (χ3v) is 6.55. The number of benzene rings is 2. The van der Waals surface area contributed by atoms with Crippen molar-refractivity contribution < 1.29 is 19.1 Å². The second-order valence-electron chi connectivity index (χ2n) is 7.44. The Bertz CT molecular complexity index is 1210. The molecule has 1 aliphatic rings. The summed E-state index contributed by atoms with van der Waals surface area (Å²) in [6.07, 6.45) is 0. The molecule has 0 unspecified atom stereocenters. The fourth-order valence-electron chi connectivity index (χ4n) is 3.46. The van der Waals surface area contributed by atoms with Crippen LogP contribution in [0.5, 0.6) is 5.75 Å². The fraction of sp³-hybridized carbons (Fsp3) is 0.160. The van der Waals surface area contributed by atoms with E-state index >= 15 is 0 Å². The zero-order valence-electron chi connectivity index (χ0n) is 18.1. The zero-order valence-corrected chi connectivity index (χ0v) is 19.7. The van der Waals surface area contributed by atoms with Gasteiger partial charge >= 0.3 is 11.9 Å². The Morgan fingerprint density at radius 3 is 2.58 bits per heavy atom. The van der Waals surface area contributed by atoms with Gasteiger partial charge in [-0.1, -0.05) is 48.5 Å². The van der Waals surface area contributed by atoms with Crippen LogP contribution in [-0.2, 0) is 16.1 Å². The minimum absolute atomic E-state index is 0.163. The highest BCUT2D eigenvalue weighted by atomic mass is 32.1. The predicted octanol–water partition coefficient (Wildman–Crippen LogP) is 4.85. The lowest BCUT2D eigenvalue weighted by atomic mass is 9.95. The molecule has 0 saturated carbocycles. The Morgan fingerprint density at radius 1 is 1.06 bits per heavy atom. The van der Waals surface area contributed by atoms with Gasteiger partial charge in [0.05, 0.1) is 11.6 Å². The minimum Gasteiger partial charge on any atom is -0.457 e. The molecular formula is C25H22N2O4S2. The van der Waals surface area contributed by atoms with Gasteiger partial charge in [0.25, 0.3) is 0 Å². The first-order chi connectivity index (χ1) is 15.9. The number of ether oxygens (including phenoxy) is 2. The van der Waals surface area contributed by atoms with Crippen LogP contribution in [0.15, 0.2) is 83.4 Å². The lowest BCUT2D eigenvalue weighted by molar-refractivity contribution is -0.140. The van der Waals surface area contributed by atoms with Crippen molar-refractivity contribution in [2.75, 3.05) is 7.05 Å². The van der Waals surface area contributed by atoms with Gasteiger partial charge in [-0.05, 0) is 53.8 Å². The number of carbonyl (C=O) groups excluding carboxylic acids is 2. The van der Waals surface area contributed by atoms with Crippen LogP contribution < -0.4 is 10.1 Å². The molecule has 8 heteroatoms. The predicted molar refractivity (Wildman–Crippen MR) is 131 cm³/mol. The number of carbonyl (C=O) groups is 2. The van der Waals surface area contributed by atoms with Crippen molar-refractivity contribution in [3.63, 3.8) is 0 Å². The number of rotatable bonds is 6. The van der Waals surface area contributed by atoms with Crippen molar-refractivity contribution in [3.8, 4) is 5.75 Å². The van der Waals surface area contributed by atoms with E-state index < -0.39 is 18.0 Å². The standard InChI is InChI=1S/C25H22N2O4S2/c1-16-21(24(29)30-15-17-8-4-3-5-9-17)22(26-25(32)27(16)2)18-10-6-11-19(14-18)31-23(28)20-12-7-13-33-20/h3-14,22H,15H2,1-2H3,(H,26,32)/t22-/m1/s1. The second kappa shape index (κ2) is 9.97. The highest BCUT2D eigenvalue weighted by molar-refractivity contribution is 7.80. The molecule has 1 aliphatic heterocycles. The molecule has 33 heavy (non-hydrogen) atoms. The van der Waals surface area contributed by atoms with E-state index in [2.05, 4.69) is 5.32 Å². The molecule has 6 nitrogen and oxygen atoms in total. The third kappa shape index (κ3) is 5.13. The first-order valence-corrected chi connectivity index (χ1v) is 11.5. The van der Waals surface area contributed by atoms with Crippen LogP contribution in [0.3, 0.4) is 0 Å². The number of thiophene rings is 1. The number of esters is 2. The Labute approximate surface area is 201 Å². The average molecular weight is 479 g/mol. The van der Waals surface area contributed by atoms with Crippen molar-refractivity contribution in [1.82, 2.24) is 10.2 Å². The average Bonchev–Trinajstić information content (AvgIpc) is 3.37. The molecule has 0 amide bonds. The van der Waals surface area contributed by atoms with Crippen molar-refractivity contribution in [2.45, 2.75) is 19.6 Å². The van der Waals surface area contributed by atoms with E-state index in [-0.39, 0.29) is 6.61 Å². The summed E-state index contributed by atoms with van der Waals surface area (Å²) in [5.74, 6) is -0.486. The maximum absolute atomic E-state index is 13.2. The van der Waals surface area contributed by atoms with E-state index in [1.165, 1.54) is 11.3 Å². The number of hydrogen-bond acceptors (Lipinski definition) is 6. The summed E-state index contributed by atoms with van der Waals surface area (Å²) in [5, 5.41) is 5.51. The molecule has 2 aromatic carbocycles. The van der Waals surface area contributed by atoms with Gasteiger partial charge in [-0.15, -0.1) is 11.3 Å². The lowest BCUT2D eigenvalue weighted by Crippen LogP contribution is -2.46. The van der Waals surface area contributed by atoms with Crippen LogP contribution in [0.2, 0.25) is 0 Å². The maximum atomic E-state index is 13.2. The maximum Gasteiger partial charge on any atom is 0.353 e. The van der Waals surface area contributed by atoms with Crippen LogP contribution in [0.1, 0.15) is 33.8 Å². The second-order valence-corrected chi connectivity index (χ2v) is 8.78. The van der Waals surface area contributed by atoms with Gasteiger partial charge in [-0.3, -0.25) is 0 Å². The quantitative estimate of drug-likeness (QED) is 0.309. The summed E-state index contributed by atoms with van der Waals surface area (Å²) < 4.78 is 11.2. The zero-order chi connectivity index (χ0) is 23.4. The number of nitrogens with zero attached hydrogens (tertiary/aromatic N) is 1. The Hall–Kier alpha value is -3.49. The van der Waals surface area contributed by atoms with Crippen LogP contribution >= 0.6 is 23.6 Å². The van der Waals surface area contributed by atoms with Crippen LogP contribution in [-0.4, -0.2) is 29.0 Å². The van der Waals surface area contributed by atoms with Gasteiger partial charge in [0.2, 0.25) is 0 Å². The van der Waals surface area contributed by atoms with E-state index in [0.29, 0.717) is 27.0 Å². The Morgan fingerprint density at radius 2 is 1.85 bits per heavy atom. The van der Waals surface area contributed by atoms with Crippen molar-refractivity contribution in [3.05, 3.63) is 99.4 Å². The van der Waals surface area contributed by atoms with Gasteiger partial charge in [0.15, 0.2) is 5.11 Å². The van der Waals surface area contributed by atoms with E-state index in [9.17, 15) is 9.59 Å². The van der Waals surface area contributed by atoms with Crippen LogP contribution in [0, 0.1) is 0 Å². The van der Waals surface area contributed by atoms with Crippen LogP contribution in [0.4, 0.5) is 0 Å². The van der Waals surface area contributed by atoms with E-state index in [1.807, 2.05) is 48.7 Å². The first-order valence-electron chi connectivity index (χ1n) is 10.3. The SMILES string of the molecule is CC1=C(C(=O)OCc2ccccc2)[C@@H](c2cccc(OC(=O)c3cccs3)c2)NC(=S)N1C. The van der Waals surface area contributed by atoms with Crippen LogP contribution in [0.25, 0.3) is 0 Å². The molecule has 168 valence electrons. The van der Waals surface area contributed by atoms with Gasteiger partial charge in [0.1, 0.15) is 17.2 Å². The molecule has 1 N–H and O–H groups in total. The molecule has 0 spiro atoms. The highest BCUT2D eigenvalue weighted by Crippen LogP contribution is 2.32. The number of nitrogens with one attached hydrogen (secondary N) is 1. The number of hydrogen-bond donors (Lipinski definition) is 1. The smallest absolute Gasteiger partial charge is 0.353 e. The lowest BCUT2D eigenvalue weighted by Gasteiger charge is -2.35. The van der Waals surface area contributed by atoms with E-state index in [4.69, 9.17) is 21.7 Å². The molecule has 1 atom stereocenters. The van der Waals surface area contributed by atoms with Gasteiger partial charge in [-0.2, -0.15) is 0 Å². The number of thiocarbonyl (C=S) groups is 1. The van der Waals surface area contributed by atoms with Crippen molar-refractivity contribution in [1.29, 1.82) is 0 Å². The third-order valence-electron chi connectivity index (χ3n) is 5.31. The molecule has 1 aromatic heterocycles. The summed E-state index contributed by atoms with van der Waals surface area (Å²) in [5.41, 5.74) is 2.77. The van der Waals surface area contributed by atoms with Gasteiger partial charge in [-0.25, -0.2) is 9.59 Å². The molecule has 3 aromatic rings. The van der Waals surface area contributed by atoms with Crippen molar-refractivity contribution >= 4 is 40.6 Å². The summed E-state index contributed by atoms with van der Waals surface area (Å²) in [7, 11) is 1.80. The molecular weight excluding hydrogens is 456 g/mol. The summed E-state index contributed by atoms with van der Waals surface area (Å²) >= 11 is 6.78. The summed E-state index contributed by atoms with van der Waals surface area (Å²) in [4.78, 5) is 27.8. The van der Waals surface area contributed by atoms with Gasteiger partial charge < -0.3 is 19.7 Å². The monoisotopic (exact) mass is 478 g/mol. The molecule has 0 fully saturated rings. The molecule has 4 rings (SSSR count). The molecule has 0 bridgehead atoms. The van der Waals surface area contributed by atoms with E-state index in [1.54, 1.807) is 42.3 Å². The topological polar surface area (TPSA) is 67.9 Å². The summed E-state index contributed by atoms with van der Waals surface area (Å²) in [6.45, 7) is 2.00. The molecule has 0 radical (unpaired) electrons. The highest BCUT2D eigenvalue weighted by Gasteiger charge is 2.33. The Balaban J connectivity index is 1.60. The Kier molecular flexibility index (Phi) is 6.86.